The molecule has 1 aromatic carbocycles. The number of hydrogen-bond donors (Lipinski definition) is 1. The summed E-state index contributed by atoms with van der Waals surface area (Å²) in [5, 5.41) is 0. The highest BCUT2D eigenvalue weighted by molar-refractivity contribution is 5.43. The molecule has 0 spiro atoms. The van der Waals surface area contributed by atoms with Crippen LogP contribution in [0.25, 0.3) is 0 Å². The molecule has 3 nitrogen and oxygen atoms in total. The van der Waals surface area contributed by atoms with Gasteiger partial charge < -0.3 is 15.2 Å². The summed E-state index contributed by atoms with van der Waals surface area (Å²) in [5.41, 5.74) is 6.38. The number of benzene rings is 1. The van der Waals surface area contributed by atoms with E-state index < -0.39 is 6.61 Å². The molecule has 1 aromatic rings. The number of rotatable bonds is 6. The van der Waals surface area contributed by atoms with Gasteiger partial charge in [0.05, 0.1) is 7.11 Å². The van der Waals surface area contributed by atoms with Crippen molar-refractivity contribution in [3.05, 3.63) is 23.8 Å². The summed E-state index contributed by atoms with van der Waals surface area (Å²) in [6.45, 7) is -2.25. The Morgan fingerprint density at radius 3 is 2.62 bits per heavy atom. The number of aryl methyl sites for hydroxylation is 1. The van der Waals surface area contributed by atoms with Gasteiger partial charge in [-0.05, 0) is 37.1 Å². The molecule has 0 aromatic heterocycles. The summed E-state index contributed by atoms with van der Waals surface area (Å²) >= 11 is 0. The van der Waals surface area contributed by atoms with Gasteiger partial charge >= 0.3 is 6.61 Å². The van der Waals surface area contributed by atoms with Crippen molar-refractivity contribution in [2.45, 2.75) is 19.5 Å². The van der Waals surface area contributed by atoms with Gasteiger partial charge in [0.15, 0.2) is 11.5 Å². The number of halogens is 2. The first-order valence-electron chi connectivity index (χ1n) is 4.99. The van der Waals surface area contributed by atoms with Crippen LogP contribution in [0.1, 0.15) is 12.0 Å². The average Bonchev–Trinajstić information content (AvgIpc) is 2.27. The molecule has 0 unspecified atom stereocenters. The maximum Gasteiger partial charge on any atom is 0.387 e. The Kier molecular flexibility index (Phi) is 4.98. The largest absolute Gasteiger partial charge is 0.493 e. The normalized spacial score (nSPS) is 10.6. The molecule has 0 radical (unpaired) electrons. The number of ether oxygens (including phenoxy) is 2. The summed E-state index contributed by atoms with van der Waals surface area (Å²) in [5.74, 6) is 0.365. The zero-order chi connectivity index (χ0) is 12.0. The summed E-state index contributed by atoms with van der Waals surface area (Å²) in [6, 6.07) is 4.90. The van der Waals surface area contributed by atoms with Crippen molar-refractivity contribution < 1.29 is 18.3 Å². The lowest BCUT2D eigenvalue weighted by Gasteiger charge is -2.11. The molecule has 0 saturated heterocycles. The van der Waals surface area contributed by atoms with Crippen LogP contribution in [0.4, 0.5) is 8.78 Å². The molecule has 5 heteroatoms. The lowest BCUT2D eigenvalue weighted by molar-refractivity contribution is -0.0512. The minimum atomic E-state index is -2.84. The van der Waals surface area contributed by atoms with E-state index in [1.54, 1.807) is 12.1 Å². The third-order valence-corrected chi connectivity index (χ3v) is 2.11. The van der Waals surface area contributed by atoms with Crippen LogP contribution in [0.2, 0.25) is 0 Å². The molecule has 0 atom stereocenters. The molecule has 1 rings (SSSR count). The molecule has 0 fully saturated rings. The van der Waals surface area contributed by atoms with Gasteiger partial charge in [-0.2, -0.15) is 8.78 Å². The van der Waals surface area contributed by atoms with Crippen molar-refractivity contribution in [2.24, 2.45) is 5.73 Å². The van der Waals surface area contributed by atoms with E-state index in [4.69, 9.17) is 10.5 Å². The standard InChI is InChI=1S/C11H15F2NO2/c1-15-10-7-8(3-2-6-14)4-5-9(10)16-11(12)13/h4-5,7,11H,2-3,6,14H2,1H3. The Labute approximate surface area is 93.2 Å². The van der Waals surface area contributed by atoms with Gasteiger partial charge in [-0.3, -0.25) is 0 Å². The zero-order valence-corrected chi connectivity index (χ0v) is 9.08. The van der Waals surface area contributed by atoms with Crippen LogP contribution in [-0.4, -0.2) is 20.3 Å². The van der Waals surface area contributed by atoms with Gasteiger partial charge in [0.2, 0.25) is 0 Å². The van der Waals surface area contributed by atoms with E-state index >= 15 is 0 Å². The molecule has 0 aliphatic carbocycles. The molecule has 0 bridgehead atoms. The number of nitrogens with two attached hydrogens (primary N) is 1. The maximum atomic E-state index is 12.0. The molecular weight excluding hydrogens is 216 g/mol. The first-order chi connectivity index (χ1) is 7.67. The van der Waals surface area contributed by atoms with Gasteiger partial charge in [-0.25, -0.2) is 0 Å². The van der Waals surface area contributed by atoms with Crippen LogP contribution in [0.5, 0.6) is 11.5 Å². The fourth-order valence-corrected chi connectivity index (χ4v) is 1.37. The third-order valence-electron chi connectivity index (χ3n) is 2.11. The Morgan fingerprint density at radius 2 is 2.06 bits per heavy atom. The topological polar surface area (TPSA) is 44.5 Å². The average molecular weight is 231 g/mol. The highest BCUT2D eigenvalue weighted by Gasteiger charge is 2.10. The summed E-state index contributed by atoms with van der Waals surface area (Å²) in [6.07, 6.45) is 1.64. The highest BCUT2D eigenvalue weighted by Crippen LogP contribution is 2.29. The van der Waals surface area contributed by atoms with Crippen LogP contribution in [0, 0.1) is 0 Å². The quantitative estimate of drug-likeness (QED) is 0.816. The molecule has 0 heterocycles. The van der Waals surface area contributed by atoms with Crippen molar-refractivity contribution in [3.63, 3.8) is 0 Å². The summed E-state index contributed by atoms with van der Waals surface area (Å²) in [7, 11) is 1.42. The smallest absolute Gasteiger partial charge is 0.387 e. The van der Waals surface area contributed by atoms with E-state index in [2.05, 4.69) is 4.74 Å². The highest BCUT2D eigenvalue weighted by atomic mass is 19.3. The number of hydrogen-bond acceptors (Lipinski definition) is 3. The van der Waals surface area contributed by atoms with Gasteiger partial charge in [0.25, 0.3) is 0 Å². The van der Waals surface area contributed by atoms with E-state index in [1.807, 2.05) is 0 Å². The van der Waals surface area contributed by atoms with Crippen LogP contribution in [0.3, 0.4) is 0 Å². The van der Waals surface area contributed by atoms with Gasteiger partial charge in [-0.1, -0.05) is 6.07 Å². The van der Waals surface area contributed by atoms with E-state index in [9.17, 15) is 8.78 Å². The molecule has 0 aliphatic heterocycles. The molecule has 0 aliphatic rings. The molecule has 2 N–H and O–H groups in total. The van der Waals surface area contributed by atoms with Crippen molar-refractivity contribution in [1.29, 1.82) is 0 Å². The monoisotopic (exact) mass is 231 g/mol. The van der Waals surface area contributed by atoms with E-state index in [-0.39, 0.29) is 5.75 Å². The maximum absolute atomic E-state index is 12.0. The van der Waals surface area contributed by atoms with Crippen LogP contribution in [-0.2, 0) is 6.42 Å². The fraction of sp³-hybridized carbons (Fsp3) is 0.455. The Bertz CT molecular complexity index is 332. The Hall–Kier alpha value is -1.36. The second-order valence-electron chi connectivity index (χ2n) is 3.26. The third kappa shape index (κ3) is 3.66. The molecule has 16 heavy (non-hydrogen) atoms. The van der Waals surface area contributed by atoms with Crippen molar-refractivity contribution >= 4 is 0 Å². The summed E-state index contributed by atoms with van der Waals surface area (Å²) < 4.78 is 33.4. The molecule has 0 amide bonds. The SMILES string of the molecule is COc1cc(CCCN)ccc1OC(F)F. The van der Waals surface area contributed by atoms with E-state index in [0.29, 0.717) is 12.3 Å². The van der Waals surface area contributed by atoms with Crippen LogP contribution in [0.15, 0.2) is 18.2 Å². The van der Waals surface area contributed by atoms with Crippen molar-refractivity contribution in [1.82, 2.24) is 0 Å². The van der Waals surface area contributed by atoms with E-state index in [0.717, 1.165) is 18.4 Å². The summed E-state index contributed by atoms with van der Waals surface area (Å²) in [4.78, 5) is 0. The van der Waals surface area contributed by atoms with Crippen molar-refractivity contribution in [2.75, 3.05) is 13.7 Å². The second kappa shape index (κ2) is 6.27. The Balaban J connectivity index is 2.79. The zero-order valence-electron chi connectivity index (χ0n) is 9.08. The molecule has 90 valence electrons. The first-order valence-corrected chi connectivity index (χ1v) is 4.99. The van der Waals surface area contributed by atoms with Crippen molar-refractivity contribution in [3.8, 4) is 11.5 Å². The first kappa shape index (κ1) is 12.7. The second-order valence-corrected chi connectivity index (χ2v) is 3.26. The van der Waals surface area contributed by atoms with Crippen LogP contribution >= 0.6 is 0 Å². The minimum absolute atomic E-state index is 0.0500. The fourth-order valence-electron chi connectivity index (χ4n) is 1.37. The van der Waals surface area contributed by atoms with Crippen LogP contribution < -0.4 is 15.2 Å². The molecule has 0 saturated carbocycles. The van der Waals surface area contributed by atoms with E-state index in [1.165, 1.54) is 13.2 Å². The minimum Gasteiger partial charge on any atom is -0.493 e. The predicted octanol–water partition coefficient (Wildman–Crippen LogP) is 2.19. The lowest BCUT2D eigenvalue weighted by Crippen LogP contribution is -2.04. The Morgan fingerprint density at radius 1 is 1.31 bits per heavy atom. The molecular formula is C11H15F2NO2. The van der Waals surface area contributed by atoms with Gasteiger partial charge in [-0.15, -0.1) is 0 Å². The lowest BCUT2D eigenvalue weighted by atomic mass is 10.1. The van der Waals surface area contributed by atoms with Gasteiger partial charge in [0.1, 0.15) is 0 Å². The predicted molar refractivity (Wildman–Crippen MR) is 57.0 cm³/mol. The number of methoxy groups -OCH3 is 1. The number of alkyl halides is 2. The van der Waals surface area contributed by atoms with Gasteiger partial charge in [0, 0.05) is 0 Å².